The first kappa shape index (κ1) is 21.4. The standard InChI is InChI=1S/C21H19F3N6O2S/c22-21(23,24)12-6-13(8-25-7-12)28-18(31)15-11-33-17-10-29(5-2-14(15)17)19(32)16-9-27-20-26-3-1-4-30(16)20/h6-9,11H,1-5,10H2,(H,26,27)(H,28,31). The van der Waals surface area contributed by atoms with Gasteiger partial charge >= 0.3 is 6.18 Å². The summed E-state index contributed by atoms with van der Waals surface area (Å²) < 4.78 is 40.6. The summed E-state index contributed by atoms with van der Waals surface area (Å²) in [5.74, 6) is 0.0864. The van der Waals surface area contributed by atoms with Crippen molar-refractivity contribution in [2.45, 2.75) is 32.1 Å². The Balaban J connectivity index is 1.31. The second-order valence-corrected chi connectivity index (χ2v) is 8.81. The number of alkyl halides is 3. The van der Waals surface area contributed by atoms with Crippen LogP contribution in [0.25, 0.3) is 0 Å². The zero-order valence-corrected chi connectivity index (χ0v) is 18.1. The Morgan fingerprint density at radius 1 is 1.18 bits per heavy atom. The summed E-state index contributed by atoms with van der Waals surface area (Å²) >= 11 is 1.36. The minimum absolute atomic E-state index is 0.0264. The molecule has 0 radical (unpaired) electrons. The minimum Gasteiger partial charge on any atom is -0.356 e. The van der Waals surface area contributed by atoms with Gasteiger partial charge in [-0.15, -0.1) is 11.3 Å². The number of imidazole rings is 1. The smallest absolute Gasteiger partial charge is 0.356 e. The summed E-state index contributed by atoms with van der Waals surface area (Å²) in [5, 5.41) is 7.36. The number of pyridine rings is 1. The number of nitrogens with zero attached hydrogens (tertiary/aromatic N) is 4. The number of amides is 2. The highest BCUT2D eigenvalue weighted by Crippen LogP contribution is 2.32. The van der Waals surface area contributed by atoms with Gasteiger partial charge in [0.1, 0.15) is 5.69 Å². The summed E-state index contributed by atoms with van der Waals surface area (Å²) in [5.41, 5.74) is 0.802. The van der Waals surface area contributed by atoms with Crippen molar-refractivity contribution in [3.05, 3.63) is 57.3 Å². The quantitative estimate of drug-likeness (QED) is 0.603. The highest BCUT2D eigenvalue weighted by Gasteiger charge is 2.32. The van der Waals surface area contributed by atoms with E-state index in [0.717, 1.165) is 36.0 Å². The number of carbonyl (C=O) groups is 2. The Hall–Kier alpha value is -3.41. The van der Waals surface area contributed by atoms with Gasteiger partial charge in [-0.1, -0.05) is 0 Å². The van der Waals surface area contributed by atoms with Crippen LogP contribution in [0, 0.1) is 0 Å². The molecule has 8 nitrogen and oxygen atoms in total. The zero-order chi connectivity index (χ0) is 23.2. The van der Waals surface area contributed by atoms with Crippen LogP contribution in [-0.2, 0) is 25.7 Å². The number of nitrogens with one attached hydrogen (secondary N) is 2. The van der Waals surface area contributed by atoms with Gasteiger partial charge in [-0.3, -0.25) is 14.6 Å². The van der Waals surface area contributed by atoms with Gasteiger partial charge in [-0.05, 0) is 24.5 Å². The number of rotatable bonds is 3. The molecule has 0 spiro atoms. The van der Waals surface area contributed by atoms with E-state index < -0.39 is 17.6 Å². The van der Waals surface area contributed by atoms with Crippen molar-refractivity contribution in [2.75, 3.05) is 23.7 Å². The van der Waals surface area contributed by atoms with Gasteiger partial charge in [0.2, 0.25) is 5.95 Å². The lowest BCUT2D eigenvalue weighted by Crippen LogP contribution is -2.37. The van der Waals surface area contributed by atoms with Gasteiger partial charge in [0.05, 0.1) is 35.8 Å². The molecule has 0 saturated heterocycles. The van der Waals surface area contributed by atoms with Crippen molar-refractivity contribution in [3.63, 3.8) is 0 Å². The lowest BCUT2D eigenvalue weighted by Gasteiger charge is -2.28. The fraction of sp³-hybridized carbons (Fsp3) is 0.333. The molecule has 3 aromatic heterocycles. The van der Waals surface area contributed by atoms with Gasteiger partial charge < -0.3 is 20.1 Å². The Morgan fingerprint density at radius 3 is 2.85 bits per heavy atom. The zero-order valence-electron chi connectivity index (χ0n) is 17.3. The number of hydrogen-bond donors (Lipinski definition) is 2. The van der Waals surface area contributed by atoms with E-state index in [1.807, 2.05) is 4.57 Å². The Morgan fingerprint density at radius 2 is 2.03 bits per heavy atom. The molecule has 2 amide bonds. The van der Waals surface area contributed by atoms with E-state index in [0.29, 0.717) is 42.9 Å². The van der Waals surface area contributed by atoms with Crippen LogP contribution in [0.4, 0.5) is 24.8 Å². The molecule has 0 bridgehead atoms. The topological polar surface area (TPSA) is 92.2 Å². The number of anilines is 2. The minimum atomic E-state index is -4.55. The molecule has 172 valence electrons. The molecule has 0 aromatic carbocycles. The molecule has 33 heavy (non-hydrogen) atoms. The maximum Gasteiger partial charge on any atom is 0.417 e. The molecule has 2 aliphatic heterocycles. The van der Waals surface area contributed by atoms with Crippen molar-refractivity contribution in [2.24, 2.45) is 0 Å². The van der Waals surface area contributed by atoms with Crippen LogP contribution in [0.5, 0.6) is 0 Å². The summed E-state index contributed by atoms with van der Waals surface area (Å²) in [6.45, 7) is 2.36. The number of fused-ring (bicyclic) bond motifs is 2. The van der Waals surface area contributed by atoms with Crippen LogP contribution >= 0.6 is 11.3 Å². The number of thiophene rings is 1. The molecule has 0 unspecified atom stereocenters. The molecule has 5 rings (SSSR count). The molecule has 0 saturated carbocycles. The predicted octanol–water partition coefficient (Wildman–Crippen LogP) is 3.62. The maximum atomic E-state index is 13.1. The SMILES string of the molecule is O=C(Nc1cncc(C(F)(F)F)c1)c1csc2c1CCN(C(=O)c1cnc3n1CCCN3)C2. The van der Waals surface area contributed by atoms with Crippen LogP contribution in [0.2, 0.25) is 0 Å². The van der Waals surface area contributed by atoms with Crippen molar-refractivity contribution < 1.29 is 22.8 Å². The molecule has 12 heteroatoms. The second kappa shape index (κ2) is 8.18. The summed E-state index contributed by atoms with van der Waals surface area (Å²) in [6, 6.07) is 0.852. The van der Waals surface area contributed by atoms with E-state index in [4.69, 9.17) is 0 Å². The maximum absolute atomic E-state index is 13.1. The third-order valence-corrected chi connectivity index (χ3v) is 6.73. The molecule has 0 fully saturated rings. The van der Waals surface area contributed by atoms with E-state index in [2.05, 4.69) is 20.6 Å². The molecule has 3 aromatic rings. The number of aromatic nitrogens is 3. The number of halogens is 3. The van der Waals surface area contributed by atoms with Gasteiger partial charge in [0.25, 0.3) is 11.8 Å². The molecule has 2 aliphatic rings. The van der Waals surface area contributed by atoms with Crippen molar-refractivity contribution >= 4 is 34.8 Å². The summed E-state index contributed by atoms with van der Waals surface area (Å²) in [4.78, 5) is 36.3. The third kappa shape index (κ3) is 4.06. The summed E-state index contributed by atoms with van der Waals surface area (Å²) in [7, 11) is 0. The van der Waals surface area contributed by atoms with Crippen molar-refractivity contribution in [1.82, 2.24) is 19.4 Å². The lowest BCUT2D eigenvalue weighted by atomic mass is 10.0. The summed E-state index contributed by atoms with van der Waals surface area (Å²) in [6.07, 6.45) is 0.318. The van der Waals surface area contributed by atoms with E-state index in [9.17, 15) is 22.8 Å². The van der Waals surface area contributed by atoms with Gasteiger partial charge in [0, 0.05) is 36.1 Å². The van der Waals surface area contributed by atoms with Crippen LogP contribution in [0.3, 0.4) is 0 Å². The van der Waals surface area contributed by atoms with Gasteiger partial charge in [-0.25, -0.2) is 4.98 Å². The average molecular weight is 476 g/mol. The van der Waals surface area contributed by atoms with Crippen molar-refractivity contribution in [1.29, 1.82) is 0 Å². The van der Waals surface area contributed by atoms with E-state index in [1.54, 1.807) is 16.5 Å². The van der Waals surface area contributed by atoms with Gasteiger partial charge in [-0.2, -0.15) is 13.2 Å². The Bertz CT molecular complexity index is 1240. The van der Waals surface area contributed by atoms with Crippen LogP contribution in [-0.4, -0.2) is 44.3 Å². The predicted molar refractivity (Wildman–Crippen MR) is 115 cm³/mol. The highest BCUT2D eigenvalue weighted by molar-refractivity contribution is 7.10. The Kier molecular flexibility index (Phi) is 5.31. The largest absolute Gasteiger partial charge is 0.417 e. The van der Waals surface area contributed by atoms with E-state index >= 15 is 0 Å². The first-order chi connectivity index (χ1) is 15.8. The molecule has 0 aliphatic carbocycles. The first-order valence-corrected chi connectivity index (χ1v) is 11.2. The Labute approximate surface area is 190 Å². The monoisotopic (exact) mass is 476 g/mol. The number of hydrogen-bond acceptors (Lipinski definition) is 6. The van der Waals surface area contributed by atoms with Gasteiger partial charge in [0.15, 0.2) is 0 Å². The molecule has 2 N–H and O–H groups in total. The van der Waals surface area contributed by atoms with E-state index in [1.165, 1.54) is 17.5 Å². The van der Waals surface area contributed by atoms with Crippen LogP contribution < -0.4 is 10.6 Å². The molecule has 5 heterocycles. The molecular formula is C21H19F3N6O2S. The fourth-order valence-electron chi connectivity index (χ4n) is 4.07. The van der Waals surface area contributed by atoms with E-state index in [-0.39, 0.29) is 11.6 Å². The lowest BCUT2D eigenvalue weighted by molar-refractivity contribution is -0.137. The number of carbonyl (C=O) groups excluding carboxylic acids is 2. The van der Waals surface area contributed by atoms with Crippen LogP contribution in [0.1, 0.15) is 43.3 Å². The normalized spacial score (nSPS) is 15.4. The first-order valence-electron chi connectivity index (χ1n) is 10.3. The molecule has 0 atom stereocenters. The van der Waals surface area contributed by atoms with Crippen LogP contribution in [0.15, 0.2) is 30.0 Å². The third-order valence-electron chi connectivity index (χ3n) is 5.72. The highest BCUT2D eigenvalue weighted by atomic mass is 32.1. The molecular weight excluding hydrogens is 457 g/mol. The fourth-order valence-corrected chi connectivity index (χ4v) is 5.16. The average Bonchev–Trinajstić information content (AvgIpc) is 3.42. The second-order valence-electron chi connectivity index (χ2n) is 7.84. The van der Waals surface area contributed by atoms with Crippen molar-refractivity contribution in [3.8, 4) is 0 Å².